The molecule has 0 radical (unpaired) electrons. The standard InChI is InChI=1S/C13H24N2O2S/c16-18(17,13-3-5-14-6-4-13)15-9-12-8-10-1-2-11(12)7-10/h10-15H,1-9H2. The van der Waals surface area contributed by atoms with Gasteiger partial charge in [-0.25, -0.2) is 13.1 Å². The van der Waals surface area contributed by atoms with Crippen molar-refractivity contribution in [1.82, 2.24) is 10.0 Å². The minimum Gasteiger partial charge on any atom is -0.317 e. The fraction of sp³-hybridized carbons (Fsp3) is 1.00. The molecule has 1 saturated heterocycles. The van der Waals surface area contributed by atoms with Crippen LogP contribution in [0.5, 0.6) is 0 Å². The van der Waals surface area contributed by atoms with Crippen LogP contribution in [0.2, 0.25) is 0 Å². The van der Waals surface area contributed by atoms with Crippen LogP contribution in [0, 0.1) is 17.8 Å². The second kappa shape index (κ2) is 5.10. The molecule has 3 unspecified atom stereocenters. The Kier molecular flexibility index (Phi) is 3.65. The van der Waals surface area contributed by atoms with Crippen molar-refractivity contribution < 1.29 is 8.42 Å². The molecule has 18 heavy (non-hydrogen) atoms. The third-order valence-corrected chi connectivity index (χ3v) is 7.07. The summed E-state index contributed by atoms with van der Waals surface area (Å²) in [6.07, 6.45) is 6.81. The lowest BCUT2D eigenvalue weighted by Crippen LogP contribution is -2.43. The van der Waals surface area contributed by atoms with Gasteiger partial charge in [-0.1, -0.05) is 6.42 Å². The first-order chi connectivity index (χ1) is 8.65. The molecule has 3 aliphatic rings. The maximum atomic E-state index is 12.2. The molecule has 3 rings (SSSR count). The first-order valence-corrected chi connectivity index (χ1v) is 8.89. The molecule has 3 fully saturated rings. The summed E-state index contributed by atoms with van der Waals surface area (Å²) < 4.78 is 27.3. The van der Waals surface area contributed by atoms with Crippen LogP contribution < -0.4 is 10.0 Å². The largest absolute Gasteiger partial charge is 0.317 e. The van der Waals surface area contributed by atoms with Crippen molar-refractivity contribution in [3.63, 3.8) is 0 Å². The van der Waals surface area contributed by atoms with E-state index in [0.29, 0.717) is 12.5 Å². The van der Waals surface area contributed by atoms with Gasteiger partial charge in [-0.3, -0.25) is 0 Å². The highest BCUT2D eigenvalue weighted by Crippen LogP contribution is 2.48. The van der Waals surface area contributed by atoms with Gasteiger partial charge in [0.05, 0.1) is 5.25 Å². The van der Waals surface area contributed by atoms with Crippen molar-refractivity contribution in [2.75, 3.05) is 19.6 Å². The molecule has 3 atom stereocenters. The van der Waals surface area contributed by atoms with Crippen LogP contribution in [0.3, 0.4) is 0 Å². The van der Waals surface area contributed by atoms with Crippen molar-refractivity contribution in [2.45, 2.75) is 43.8 Å². The van der Waals surface area contributed by atoms with E-state index in [1.165, 1.54) is 25.7 Å². The van der Waals surface area contributed by atoms with E-state index in [-0.39, 0.29) is 5.25 Å². The molecule has 2 saturated carbocycles. The summed E-state index contributed by atoms with van der Waals surface area (Å²) in [4.78, 5) is 0. The fourth-order valence-electron chi connectivity index (χ4n) is 4.07. The average Bonchev–Trinajstić information content (AvgIpc) is 3.00. The SMILES string of the molecule is O=S(=O)(NCC1CC2CCC1C2)C1CCNCC1. The Balaban J connectivity index is 1.52. The molecule has 2 N–H and O–H groups in total. The Morgan fingerprint density at radius 2 is 1.83 bits per heavy atom. The maximum absolute atomic E-state index is 12.2. The lowest BCUT2D eigenvalue weighted by atomic mass is 9.89. The molecule has 1 heterocycles. The Labute approximate surface area is 110 Å². The van der Waals surface area contributed by atoms with Crippen molar-refractivity contribution >= 4 is 10.0 Å². The lowest BCUT2D eigenvalue weighted by Gasteiger charge is -2.26. The zero-order chi connectivity index (χ0) is 12.6. The molecule has 5 heteroatoms. The van der Waals surface area contributed by atoms with E-state index in [0.717, 1.165) is 37.8 Å². The predicted molar refractivity (Wildman–Crippen MR) is 71.8 cm³/mol. The van der Waals surface area contributed by atoms with Crippen LogP contribution in [-0.4, -0.2) is 33.3 Å². The highest BCUT2D eigenvalue weighted by molar-refractivity contribution is 7.90. The molecule has 0 amide bonds. The van der Waals surface area contributed by atoms with Crippen LogP contribution in [-0.2, 0) is 10.0 Å². The topological polar surface area (TPSA) is 58.2 Å². The third-order valence-electron chi connectivity index (χ3n) is 5.16. The molecule has 0 aromatic heterocycles. The quantitative estimate of drug-likeness (QED) is 0.805. The molecule has 0 aromatic rings. The number of piperidine rings is 1. The second-order valence-corrected chi connectivity index (χ2v) is 8.32. The van der Waals surface area contributed by atoms with Gasteiger partial charge in [-0.15, -0.1) is 0 Å². The van der Waals surface area contributed by atoms with Gasteiger partial charge in [0.25, 0.3) is 0 Å². The second-order valence-electron chi connectivity index (χ2n) is 6.28. The van der Waals surface area contributed by atoms with E-state index < -0.39 is 10.0 Å². The smallest absolute Gasteiger partial charge is 0.214 e. The van der Waals surface area contributed by atoms with Crippen LogP contribution in [0.25, 0.3) is 0 Å². The number of nitrogens with one attached hydrogen (secondary N) is 2. The van der Waals surface area contributed by atoms with Crippen molar-refractivity contribution in [3.05, 3.63) is 0 Å². The molecular formula is C13H24N2O2S. The Hall–Kier alpha value is -0.130. The van der Waals surface area contributed by atoms with Crippen molar-refractivity contribution in [1.29, 1.82) is 0 Å². The van der Waals surface area contributed by atoms with E-state index >= 15 is 0 Å². The summed E-state index contributed by atoms with van der Waals surface area (Å²) in [6.45, 7) is 2.35. The Morgan fingerprint density at radius 1 is 1.06 bits per heavy atom. The molecule has 0 aromatic carbocycles. The summed E-state index contributed by atoms with van der Waals surface area (Å²) >= 11 is 0. The monoisotopic (exact) mass is 272 g/mol. The summed E-state index contributed by atoms with van der Waals surface area (Å²) in [5.41, 5.74) is 0. The fourth-order valence-corrected chi connectivity index (χ4v) is 5.61. The normalized spacial score (nSPS) is 37.2. The number of fused-ring (bicyclic) bond motifs is 2. The highest BCUT2D eigenvalue weighted by Gasteiger charge is 2.40. The molecular weight excluding hydrogens is 248 g/mol. The maximum Gasteiger partial charge on any atom is 0.214 e. The summed E-state index contributed by atoms with van der Waals surface area (Å²) in [6, 6.07) is 0. The molecule has 2 bridgehead atoms. The number of sulfonamides is 1. The molecule has 2 aliphatic carbocycles. The van der Waals surface area contributed by atoms with Crippen LogP contribution >= 0.6 is 0 Å². The first kappa shape index (κ1) is 12.9. The lowest BCUT2D eigenvalue weighted by molar-refractivity contribution is 0.332. The number of rotatable bonds is 4. The van der Waals surface area contributed by atoms with Gasteiger partial charge in [0.15, 0.2) is 0 Å². The van der Waals surface area contributed by atoms with Gasteiger partial charge in [0.1, 0.15) is 0 Å². The molecule has 4 nitrogen and oxygen atoms in total. The number of hydrogen-bond acceptors (Lipinski definition) is 3. The van der Waals surface area contributed by atoms with E-state index in [1.54, 1.807) is 0 Å². The van der Waals surface area contributed by atoms with Gasteiger partial charge < -0.3 is 5.32 Å². The van der Waals surface area contributed by atoms with Crippen LogP contribution in [0.4, 0.5) is 0 Å². The van der Waals surface area contributed by atoms with Gasteiger partial charge in [-0.2, -0.15) is 0 Å². The molecule has 104 valence electrons. The summed E-state index contributed by atoms with van der Waals surface area (Å²) in [5.74, 6) is 2.30. The minimum atomic E-state index is -3.08. The Morgan fingerprint density at radius 3 is 2.44 bits per heavy atom. The van der Waals surface area contributed by atoms with Gasteiger partial charge in [-0.05, 0) is 62.9 Å². The van der Waals surface area contributed by atoms with Gasteiger partial charge in [0.2, 0.25) is 10.0 Å². The van der Waals surface area contributed by atoms with Crippen molar-refractivity contribution in [3.8, 4) is 0 Å². The molecule has 1 aliphatic heterocycles. The van der Waals surface area contributed by atoms with E-state index in [4.69, 9.17) is 0 Å². The first-order valence-electron chi connectivity index (χ1n) is 7.34. The predicted octanol–water partition coefficient (Wildman–Crippen LogP) is 1.09. The highest BCUT2D eigenvalue weighted by atomic mass is 32.2. The zero-order valence-electron chi connectivity index (χ0n) is 10.9. The third kappa shape index (κ3) is 2.58. The Bertz CT molecular complexity index is 390. The number of hydrogen-bond donors (Lipinski definition) is 2. The van der Waals surface area contributed by atoms with Crippen molar-refractivity contribution in [2.24, 2.45) is 17.8 Å². The van der Waals surface area contributed by atoms with Gasteiger partial charge in [0, 0.05) is 6.54 Å². The van der Waals surface area contributed by atoms with Crippen LogP contribution in [0.15, 0.2) is 0 Å². The van der Waals surface area contributed by atoms with E-state index in [9.17, 15) is 8.42 Å². The molecule has 0 spiro atoms. The van der Waals surface area contributed by atoms with E-state index in [2.05, 4.69) is 10.0 Å². The zero-order valence-corrected chi connectivity index (χ0v) is 11.7. The van der Waals surface area contributed by atoms with Crippen LogP contribution in [0.1, 0.15) is 38.5 Å². The summed E-state index contributed by atoms with van der Waals surface area (Å²) in [7, 11) is -3.08. The minimum absolute atomic E-state index is 0.169. The average molecular weight is 272 g/mol. The summed E-state index contributed by atoms with van der Waals surface area (Å²) in [5, 5.41) is 3.04. The van der Waals surface area contributed by atoms with Gasteiger partial charge >= 0.3 is 0 Å². The van der Waals surface area contributed by atoms with E-state index in [1.807, 2.05) is 0 Å².